The Balaban J connectivity index is 2.45. The van der Waals surface area contributed by atoms with Gasteiger partial charge in [0.25, 0.3) is 0 Å². The average Bonchev–Trinajstić information content (AvgIpc) is 2.41. The summed E-state index contributed by atoms with van der Waals surface area (Å²) >= 11 is 12.2. The number of likely N-dealkylation sites (N-methyl/N-ethyl adjacent to an activating group) is 1. The number of nitrogens with one attached hydrogen (secondary N) is 1. The summed E-state index contributed by atoms with van der Waals surface area (Å²) in [6, 6.07) is 6.32. The van der Waals surface area contributed by atoms with Crippen LogP contribution in [0.4, 0.5) is 0 Å². The van der Waals surface area contributed by atoms with Crippen LogP contribution in [-0.4, -0.2) is 12.6 Å². The lowest BCUT2D eigenvalue weighted by molar-refractivity contribution is 0.461. The molecule has 1 aromatic rings. The SMILES string of the molecule is CCCCCCCC(Cc1ccc(Cl)cc1Cl)NCC. The maximum Gasteiger partial charge on any atom is 0.0453 e. The van der Waals surface area contributed by atoms with E-state index in [-0.39, 0.29) is 0 Å². The van der Waals surface area contributed by atoms with E-state index in [0.29, 0.717) is 11.1 Å². The van der Waals surface area contributed by atoms with Crippen LogP contribution in [0.5, 0.6) is 0 Å². The number of halogens is 2. The number of benzene rings is 1. The normalized spacial score (nSPS) is 12.6. The third-order valence-corrected chi connectivity index (χ3v) is 4.22. The zero-order valence-corrected chi connectivity index (χ0v) is 14.2. The first-order valence-corrected chi connectivity index (χ1v) is 8.60. The lowest BCUT2D eigenvalue weighted by atomic mass is 9.99. The highest BCUT2D eigenvalue weighted by molar-refractivity contribution is 6.35. The molecule has 0 amide bonds. The third-order valence-electron chi connectivity index (χ3n) is 3.63. The number of unbranched alkanes of at least 4 members (excludes halogenated alkanes) is 4. The second kappa shape index (κ2) is 10.5. The van der Waals surface area contributed by atoms with Gasteiger partial charge in [0, 0.05) is 16.1 Å². The highest BCUT2D eigenvalue weighted by Crippen LogP contribution is 2.23. The second-order valence-electron chi connectivity index (χ2n) is 5.40. The van der Waals surface area contributed by atoms with E-state index in [1.54, 1.807) is 0 Å². The first-order chi connectivity index (χ1) is 9.67. The van der Waals surface area contributed by atoms with Gasteiger partial charge in [-0.2, -0.15) is 0 Å². The summed E-state index contributed by atoms with van der Waals surface area (Å²) in [5, 5.41) is 5.06. The Labute approximate surface area is 134 Å². The molecule has 1 rings (SSSR count). The summed E-state index contributed by atoms with van der Waals surface area (Å²) in [6.07, 6.45) is 8.85. The smallest absolute Gasteiger partial charge is 0.0453 e. The molecule has 20 heavy (non-hydrogen) atoms. The van der Waals surface area contributed by atoms with Gasteiger partial charge < -0.3 is 5.32 Å². The Kier molecular flexibility index (Phi) is 9.33. The minimum atomic E-state index is 0.514. The molecule has 1 unspecified atom stereocenters. The van der Waals surface area contributed by atoms with Crippen LogP contribution in [0.25, 0.3) is 0 Å². The summed E-state index contributed by atoms with van der Waals surface area (Å²) in [5.74, 6) is 0. The van der Waals surface area contributed by atoms with Crippen molar-refractivity contribution >= 4 is 23.2 Å². The largest absolute Gasteiger partial charge is 0.314 e. The first kappa shape index (κ1) is 17.8. The monoisotopic (exact) mass is 315 g/mol. The van der Waals surface area contributed by atoms with Crippen LogP contribution in [0.1, 0.15) is 57.9 Å². The molecule has 1 N–H and O–H groups in total. The molecule has 1 nitrogen and oxygen atoms in total. The second-order valence-corrected chi connectivity index (χ2v) is 6.24. The van der Waals surface area contributed by atoms with Crippen molar-refractivity contribution in [3.63, 3.8) is 0 Å². The predicted octanol–water partition coefficient (Wildman–Crippen LogP) is 5.87. The van der Waals surface area contributed by atoms with E-state index in [9.17, 15) is 0 Å². The fraction of sp³-hybridized carbons (Fsp3) is 0.647. The van der Waals surface area contributed by atoms with Crippen LogP contribution in [0, 0.1) is 0 Å². The molecule has 0 aromatic heterocycles. The zero-order valence-electron chi connectivity index (χ0n) is 12.7. The maximum absolute atomic E-state index is 6.26. The molecule has 3 heteroatoms. The van der Waals surface area contributed by atoms with Gasteiger partial charge in [-0.15, -0.1) is 0 Å². The number of hydrogen-bond acceptors (Lipinski definition) is 1. The van der Waals surface area contributed by atoms with Crippen LogP contribution in [-0.2, 0) is 6.42 Å². The van der Waals surface area contributed by atoms with Crippen LogP contribution in [0.15, 0.2) is 18.2 Å². The minimum absolute atomic E-state index is 0.514. The highest BCUT2D eigenvalue weighted by Gasteiger charge is 2.10. The molecule has 0 saturated carbocycles. The topological polar surface area (TPSA) is 12.0 Å². The van der Waals surface area contributed by atoms with Crippen LogP contribution in [0.3, 0.4) is 0 Å². The quantitative estimate of drug-likeness (QED) is 0.532. The van der Waals surface area contributed by atoms with E-state index in [1.165, 1.54) is 44.1 Å². The fourth-order valence-electron chi connectivity index (χ4n) is 2.51. The Hall–Kier alpha value is -0.240. The van der Waals surface area contributed by atoms with Gasteiger partial charge in [0.2, 0.25) is 0 Å². The molecule has 0 heterocycles. The minimum Gasteiger partial charge on any atom is -0.314 e. The van der Waals surface area contributed by atoms with Crippen molar-refractivity contribution in [2.24, 2.45) is 0 Å². The van der Waals surface area contributed by atoms with Gasteiger partial charge in [-0.25, -0.2) is 0 Å². The average molecular weight is 316 g/mol. The van der Waals surface area contributed by atoms with Crippen molar-refractivity contribution in [2.45, 2.75) is 64.8 Å². The summed E-state index contributed by atoms with van der Waals surface area (Å²) < 4.78 is 0. The molecule has 0 aliphatic heterocycles. The third kappa shape index (κ3) is 6.97. The summed E-state index contributed by atoms with van der Waals surface area (Å²) in [6.45, 7) is 5.42. The molecular weight excluding hydrogens is 289 g/mol. The lowest BCUT2D eigenvalue weighted by Gasteiger charge is -2.18. The Morgan fingerprint density at radius 1 is 1.05 bits per heavy atom. The fourth-order valence-corrected chi connectivity index (χ4v) is 3.00. The van der Waals surface area contributed by atoms with Crippen LogP contribution in [0.2, 0.25) is 10.0 Å². The molecule has 0 saturated heterocycles. The maximum atomic E-state index is 6.26. The van der Waals surface area contributed by atoms with E-state index in [1.807, 2.05) is 18.2 Å². The van der Waals surface area contributed by atoms with Gasteiger partial charge in [0.1, 0.15) is 0 Å². The Bertz CT molecular complexity index is 379. The highest BCUT2D eigenvalue weighted by atomic mass is 35.5. The Morgan fingerprint density at radius 2 is 1.80 bits per heavy atom. The van der Waals surface area contributed by atoms with Crippen LogP contribution >= 0.6 is 23.2 Å². The van der Waals surface area contributed by atoms with Crippen molar-refractivity contribution in [2.75, 3.05) is 6.54 Å². The van der Waals surface area contributed by atoms with E-state index >= 15 is 0 Å². The molecule has 0 fully saturated rings. The molecule has 1 aromatic carbocycles. The van der Waals surface area contributed by atoms with Crippen LogP contribution < -0.4 is 5.32 Å². The summed E-state index contributed by atoms with van der Waals surface area (Å²) in [5.41, 5.74) is 1.19. The molecule has 0 aliphatic rings. The standard InChI is InChI=1S/C17H27Cl2N/c1-3-5-6-7-8-9-16(20-4-2)12-14-10-11-15(18)13-17(14)19/h10-11,13,16,20H,3-9,12H2,1-2H3. The molecule has 0 aliphatic carbocycles. The zero-order chi connectivity index (χ0) is 14.8. The molecular formula is C17H27Cl2N. The molecule has 0 bridgehead atoms. The van der Waals surface area contributed by atoms with E-state index in [4.69, 9.17) is 23.2 Å². The van der Waals surface area contributed by atoms with Gasteiger partial charge >= 0.3 is 0 Å². The van der Waals surface area contributed by atoms with Crippen molar-refractivity contribution in [1.82, 2.24) is 5.32 Å². The molecule has 114 valence electrons. The van der Waals surface area contributed by atoms with Gasteiger partial charge in [-0.1, -0.05) is 75.2 Å². The van der Waals surface area contributed by atoms with Crippen molar-refractivity contribution in [3.05, 3.63) is 33.8 Å². The summed E-state index contributed by atoms with van der Waals surface area (Å²) in [4.78, 5) is 0. The van der Waals surface area contributed by atoms with Gasteiger partial charge in [0.05, 0.1) is 0 Å². The van der Waals surface area contributed by atoms with Gasteiger partial charge in [0.15, 0.2) is 0 Å². The predicted molar refractivity (Wildman–Crippen MR) is 91.0 cm³/mol. The van der Waals surface area contributed by atoms with Crippen molar-refractivity contribution in [3.8, 4) is 0 Å². The van der Waals surface area contributed by atoms with E-state index < -0.39 is 0 Å². The van der Waals surface area contributed by atoms with Gasteiger partial charge in [-0.3, -0.25) is 0 Å². The molecule has 0 radical (unpaired) electrons. The number of rotatable bonds is 10. The molecule has 1 atom stereocenters. The van der Waals surface area contributed by atoms with Crippen molar-refractivity contribution in [1.29, 1.82) is 0 Å². The Morgan fingerprint density at radius 3 is 2.45 bits per heavy atom. The van der Waals surface area contributed by atoms with E-state index in [2.05, 4.69) is 19.2 Å². The van der Waals surface area contributed by atoms with E-state index in [0.717, 1.165) is 18.0 Å². The van der Waals surface area contributed by atoms with Gasteiger partial charge in [-0.05, 0) is 37.1 Å². The van der Waals surface area contributed by atoms with Crippen molar-refractivity contribution < 1.29 is 0 Å². The molecule has 0 spiro atoms. The first-order valence-electron chi connectivity index (χ1n) is 7.84. The lowest BCUT2D eigenvalue weighted by Crippen LogP contribution is -2.31. The summed E-state index contributed by atoms with van der Waals surface area (Å²) in [7, 11) is 0. The number of hydrogen-bond donors (Lipinski definition) is 1.